The van der Waals surface area contributed by atoms with Gasteiger partial charge in [0.2, 0.25) is 15.9 Å². The SMILES string of the molecule is CS(=O)(=O)N1CCc2cc(C(=O)NC3CC(=O)N(c4ccc(Oc5ccccc5)cc4)C3)ccc21. The molecule has 1 unspecified atom stereocenters. The van der Waals surface area contributed by atoms with Crippen molar-refractivity contribution in [3.05, 3.63) is 83.9 Å². The fourth-order valence-electron chi connectivity index (χ4n) is 4.50. The Bertz CT molecular complexity index is 1370. The Labute approximate surface area is 204 Å². The number of para-hydroxylation sites is 1. The van der Waals surface area contributed by atoms with Gasteiger partial charge in [0, 0.05) is 30.8 Å². The molecule has 9 heteroatoms. The Morgan fingerprint density at radius 3 is 2.43 bits per heavy atom. The van der Waals surface area contributed by atoms with Crippen molar-refractivity contribution in [2.24, 2.45) is 0 Å². The van der Waals surface area contributed by atoms with Gasteiger partial charge in [0.15, 0.2) is 0 Å². The quantitative estimate of drug-likeness (QED) is 0.571. The zero-order valence-corrected chi connectivity index (χ0v) is 20.0. The summed E-state index contributed by atoms with van der Waals surface area (Å²) in [7, 11) is -3.34. The highest BCUT2D eigenvalue weighted by molar-refractivity contribution is 7.92. The molecule has 0 radical (unpaired) electrons. The molecule has 0 aliphatic carbocycles. The van der Waals surface area contributed by atoms with Crippen LogP contribution in [0.3, 0.4) is 0 Å². The molecule has 35 heavy (non-hydrogen) atoms. The minimum absolute atomic E-state index is 0.0650. The number of amides is 2. The number of sulfonamides is 1. The smallest absolute Gasteiger partial charge is 0.251 e. The maximum Gasteiger partial charge on any atom is 0.251 e. The van der Waals surface area contributed by atoms with Crippen LogP contribution in [-0.2, 0) is 21.2 Å². The molecular weight excluding hydrogens is 466 g/mol. The van der Waals surface area contributed by atoms with Gasteiger partial charge in [-0.3, -0.25) is 13.9 Å². The minimum Gasteiger partial charge on any atom is -0.457 e. The summed E-state index contributed by atoms with van der Waals surface area (Å²) in [6.07, 6.45) is 1.94. The van der Waals surface area contributed by atoms with Crippen LogP contribution in [0, 0.1) is 0 Å². The van der Waals surface area contributed by atoms with Gasteiger partial charge in [-0.05, 0) is 66.6 Å². The molecule has 2 amide bonds. The highest BCUT2D eigenvalue weighted by atomic mass is 32.2. The average molecular weight is 492 g/mol. The van der Waals surface area contributed by atoms with Crippen LogP contribution in [-0.4, -0.2) is 45.6 Å². The van der Waals surface area contributed by atoms with E-state index in [9.17, 15) is 18.0 Å². The molecule has 180 valence electrons. The second-order valence-corrected chi connectivity index (χ2v) is 10.6. The predicted octanol–water partition coefficient (Wildman–Crippen LogP) is 3.34. The third-order valence-electron chi connectivity index (χ3n) is 6.18. The normalized spacial score (nSPS) is 17.4. The Morgan fingerprint density at radius 2 is 1.71 bits per heavy atom. The summed E-state index contributed by atoms with van der Waals surface area (Å²) < 4.78 is 31.0. The highest BCUT2D eigenvalue weighted by Gasteiger charge is 2.32. The zero-order valence-electron chi connectivity index (χ0n) is 19.2. The van der Waals surface area contributed by atoms with Crippen LogP contribution in [0.2, 0.25) is 0 Å². The molecule has 1 N–H and O–H groups in total. The van der Waals surface area contributed by atoms with Crippen molar-refractivity contribution in [1.29, 1.82) is 0 Å². The van der Waals surface area contributed by atoms with E-state index in [1.807, 2.05) is 54.6 Å². The number of anilines is 2. The molecule has 0 spiro atoms. The first-order valence-electron chi connectivity index (χ1n) is 11.3. The molecule has 2 heterocycles. The van der Waals surface area contributed by atoms with Crippen molar-refractivity contribution in [1.82, 2.24) is 5.32 Å². The summed E-state index contributed by atoms with van der Waals surface area (Å²) in [6.45, 7) is 0.747. The van der Waals surface area contributed by atoms with Crippen LogP contribution < -0.4 is 19.3 Å². The Morgan fingerprint density at radius 1 is 1.00 bits per heavy atom. The molecule has 1 saturated heterocycles. The van der Waals surface area contributed by atoms with Gasteiger partial charge in [-0.1, -0.05) is 18.2 Å². The number of hydrogen-bond donors (Lipinski definition) is 1. The van der Waals surface area contributed by atoms with Crippen LogP contribution in [0.4, 0.5) is 11.4 Å². The van der Waals surface area contributed by atoms with Gasteiger partial charge in [0.25, 0.3) is 5.91 Å². The molecule has 3 aromatic carbocycles. The van der Waals surface area contributed by atoms with E-state index in [4.69, 9.17) is 4.74 Å². The summed E-state index contributed by atoms with van der Waals surface area (Å²) in [5.41, 5.74) is 2.63. The Hall–Kier alpha value is -3.85. The van der Waals surface area contributed by atoms with Crippen molar-refractivity contribution >= 4 is 33.2 Å². The van der Waals surface area contributed by atoms with E-state index in [0.29, 0.717) is 36.5 Å². The molecule has 2 aliphatic heterocycles. The van der Waals surface area contributed by atoms with E-state index >= 15 is 0 Å². The fraction of sp³-hybridized carbons (Fsp3) is 0.231. The van der Waals surface area contributed by atoms with E-state index in [2.05, 4.69) is 5.32 Å². The number of ether oxygens (including phenoxy) is 1. The molecule has 0 bridgehead atoms. The minimum atomic E-state index is -3.34. The lowest BCUT2D eigenvalue weighted by atomic mass is 10.1. The number of carbonyl (C=O) groups is 2. The first-order chi connectivity index (χ1) is 16.8. The second kappa shape index (κ2) is 9.07. The van der Waals surface area contributed by atoms with Crippen LogP contribution in [0.15, 0.2) is 72.8 Å². The molecular formula is C26H25N3O5S. The lowest BCUT2D eigenvalue weighted by molar-refractivity contribution is -0.117. The fourth-order valence-corrected chi connectivity index (χ4v) is 5.46. The standard InChI is InChI=1S/C26H25N3O5S/c1-35(32,33)29-14-13-18-15-19(7-12-24(18)29)26(31)27-20-16-25(30)28(17-20)21-8-10-23(11-9-21)34-22-5-3-2-4-6-22/h2-12,15,20H,13-14,16-17H2,1H3,(H,27,31). The largest absolute Gasteiger partial charge is 0.457 e. The van der Waals surface area contributed by atoms with Crippen molar-refractivity contribution in [2.75, 3.05) is 28.6 Å². The van der Waals surface area contributed by atoms with E-state index in [0.717, 1.165) is 17.0 Å². The second-order valence-electron chi connectivity index (χ2n) is 8.72. The van der Waals surface area contributed by atoms with Gasteiger partial charge in [0.05, 0.1) is 18.0 Å². The molecule has 1 atom stereocenters. The van der Waals surface area contributed by atoms with Crippen molar-refractivity contribution in [3.63, 3.8) is 0 Å². The topological polar surface area (TPSA) is 96.0 Å². The third kappa shape index (κ3) is 4.85. The summed E-state index contributed by atoms with van der Waals surface area (Å²) in [5, 5.41) is 2.94. The van der Waals surface area contributed by atoms with Crippen molar-refractivity contribution in [2.45, 2.75) is 18.9 Å². The number of nitrogens with one attached hydrogen (secondary N) is 1. The molecule has 3 aromatic rings. The molecule has 5 rings (SSSR count). The van der Waals surface area contributed by atoms with E-state index in [-0.39, 0.29) is 24.3 Å². The zero-order chi connectivity index (χ0) is 24.6. The summed E-state index contributed by atoms with van der Waals surface area (Å²) >= 11 is 0. The monoisotopic (exact) mass is 491 g/mol. The molecule has 2 aliphatic rings. The molecule has 0 aromatic heterocycles. The molecule has 0 saturated carbocycles. The third-order valence-corrected chi connectivity index (χ3v) is 7.36. The van der Waals surface area contributed by atoms with Crippen molar-refractivity contribution in [3.8, 4) is 11.5 Å². The van der Waals surface area contributed by atoms with Crippen LogP contribution in [0.1, 0.15) is 22.3 Å². The number of benzene rings is 3. The first kappa shape index (κ1) is 22.9. The van der Waals surface area contributed by atoms with Gasteiger partial charge in [-0.2, -0.15) is 0 Å². The predicted molar refractivity (Wildman–Crippen MR) is 134 cm³/mol. The summed E-state index contributed by atoms with van der Waals surface area (Å²) in [6, 6.07) is 21.4. The van der Waals surface area contributed by atoms with Crippen LogP contribution in [0.5, 0.6) is 11.5 Å². The summed E-state index contributed by atoms with van der Waals surface area (Å²) in [5.74, 6) is 1.06. The van der Waals surface area contributed by atoms with Gasteiger partial charge >= 0.3 is 0 Å². The molecule has 8 nitrogen and oxygen atoms in total. The van der Waals surface area contributed by atoms with Crippen molar-refractivity contribution < 1.29 is 22.7 Å². The Kier molecular flexibility index (Phi) is 5.94. The highest BCUT2D eigenvalue weighted by Crippen LogP contribution is 2.31. The number of fused-ring (bicyclic) bond motifs is 1. The lowest BCUT2D eigenvalue weighted by Gasteiger charge is -2.18. The summed E-state index contributed by atoms with van der Waals surface area (Å²) in [4.78, 5) is 27.2. The maximum atomic E-state index is 12.9. The Balaban J connectivity index is 1.22. The van der Waals surface area contributed by atoms with Gasteiger partial charge in [-0.15, -0.1) is 0 Å². The van der Waals surface area contributed by atoms with Gasteiger partial charge in [0.1, 0.15) is 11.5 Å². The molecule has 1 fully saturated rings. The van der Waals surface area contributed by atoms with Gasteiger partial charge in [-0.25, -0.2) is 8.42 Å². The average Bonchev–Trinajstić information content (AvgIpc) is 3.43. The lowest BCUT2D eigenvalue weighted by Crippen LogP contribution is -2.37. The maximum absolute atomic E-state index is 12.9. The van der Waals surface area contributed by atoms with E-state index in [1.165, 1.54) is 10.6 Å². The number of rotatable bonds is 6. The van der Waals surface area contributed by atoms with Gasteiger partial charge < -0.3 is 15.0 Å². The number of hydrogen-bond acceptors (Lipinski definition) is 5. The first-order valence-corrected chi connectivity index (χ1v) is 13.2. The van der Waals surface area contributed by atoms with E-state index in [1.54, 1.807) is 23.1 Å². The van der Waals surface area contributed by atoms with E-state index < -0.39 is 10.0 Å². The van der Waals surface area contributed by atoms with Crippen LogP contribution in [0.25, 0.3) is 0 Å². The van der Waals surface area contributed by atoms with Crippen LogP contribution >= 0.6 is 0 Å². The number of carbonyl (C=O) groups excluding carboxylic acids is 2. The number of nitrogens with zero attached hydrogens (tertiary/aromatic N) is 2.